The molecule has 2 rings (SSSR count). The van der Waals surface area contributed by atoms with Gasteiger partial charge in [-0.2, -0.15) is 0 Å². The zero-order valence-electron chi connectivity index (χ0n) is 12.0. The quantitative estimate of drug-likeness (QED) is 0.885. The number of rotatable bonds is 5. The van der Waals surface area contributed by atoms with E-state index >= 15 is 0 Å². The Morgan fingerprint density at radius 3 is 2.40 bits per heavy atom. The predicted octanol–water partition coefficient (Wildman–Crippen LogP) is 4.28. The van der Waals surface area contributed by atoms with Crippen molar-refractivity contribution in [3.63, 3.8) is 0 Å². The van der Waals surface area contributed by atoms with Gasteiger partial charge in [-0.15, -0.1) is 0 Å². The average Bonchev–Trinajstić information content (AvgIpc) is 2.45. The smallest absolute Gasteiger partial charge is 0.0393 e. The Bertz CT molecular complexity index is 551. The van der Waals surface area contributed by atoms with Gasteiger partial charge in [-0.1, -0.05) is 46.3 Å². The van der Waals surface area contributed by atoms with Crippen LogP contribution in [0.25, 0.3) is 0 Å². The van der Waals surface area contributed by atoms with Crippen molar-refractivity contribution in [3.8, 4) is 0 Å². The van der Waals surface area contributed by atoms with E-state index in [2.05, 4.69) is 71.2 Å². The lowest BCUT2D eigenvalue weighted by Crippen LogP contribution is -2.23. The summed E-state index contributed by atoms with van der Waals surface area (Å²) in [5.74, 6) is 0. The summed E-state index contributed by atoms with van der Waals surface area (Å²) in [6, 6.07) is 16.8. The maximum absolute atomic E-state index is 6.27. The fourth-order valence-corrected chi connectivity index (χ4v) is 2.59. The van der Waals surface area contributed by atoms with Gasteiger partial charge < -0.3 is 10.6 Å². The summed E-state index contributed by atoms with van der Waals surface area (Å²) in [4.78, 5) is 2.27. The van der Waals surface area contributed by atoms with Gasteiger partial charge in [-0.3, -0.25) is 0 Å². The predicted molar refractivity (Wildman–Crippen MR) is 90.1 cm³/mol. The first-order chi connectivity index (χ1) is 9.58. The third-order valence-corrected chi connectivity index (χ3v) is 4.13. The van der Waals surface area contributed by atoms with E-state index in [-0.39, 0.29) is 6.04 Å². The number of benzene rings is 2. The van der Waals surface area contributed by atoms with Crippen LogP contribution < -0.4 is 10.6 Å². The van der Waals surface area contributed by atoms with Gasteiger partial charge in [0.05, 0.1) is 0 Å². The first kappa shape index (κ1) is 15.1. The second kappa shape index (κ2) is 6.91. The van der Waals surface area contributed by atoms with Crippen LogP contribution >= 0.6 is 15.9 Å². The van der Waals surface area contributed by atoms with Gasteiger partial charge in [0.1, 0.15) is 0 Å². The number of anilines is 1. The summed E-state index contributed by atoms with van der Waals surface area (Å²) in [7, 11) is 2.12. The van der Waals surface area contributed by atoms with Gasteiger partial charge in [-0.25, -0.2) is 0 Å². The van der Waals surface area contributed by atoms with E-state index < -0.39 is 0 Å². The molecule has 3 heteroatoms. The molecule has 0 spiro atoms. The van der Waals surface area contributed by atoms with Crippen LogP contribution in [0.1, 0.15) is 23.6 Å². The summed E-state index contributed by atoms with van der Waals surface area (Å²) < 4.78 is 1.09. The Morgan fingerprint density at radius 2 is 1.75 bits per heavy atom. The number of nitrogens with zero attached hydrogens (tertiary/aromatic N) is 1. The van der Waals surface area contributed by atoms with Crippen molar-refractivity contribution >= 4 is 21.6 Å². The highest BCUT2D eigenvalue weighted by Gasteiger charge is 2.09. The van der Waals surface area contributed by atoms with Crippen LogP contribution in [-0.2, 0) is 0 Å². The van der Waals surface area contributed by atoms with Crippen LogP contribution in [0.3, 0.4) is 0 Å². The summed E-state index contributed by atoms with van der Waals surface area (Å²) >= 11 is 3.45. The van der Waals surface area contributed by atoms with Gasteiger partial charge in [0.25, 0.3) is 0 Å². The zero-order valence-corrected chi connectivity index (χ0v) is 13.6. The molecule has 0 aliphatic rings. The molecule has 0 bridgehead atoms. The normalized spacial score (nSPS) is 12.2. The van der Waals surface area contributed by atoms with Crippen molar-refractivity contribution in [1.29, 1.82) is 0 Å². The van der Waals surface area contributed by atoms with E-state index in [1.807, 2.05) is 12.1 Å². The molecule has 0 fully saturated rings. The maximum atomic E-state index is 6.27. The number of hydrogen-bond acceptors (Lipinski definition) is 2. The highest BCUT2D eigenvalue weighted by atomic mass is 79.9. The molecular formula is C17H21BrN2. The number of para-hydroxylation sites is 1. The molecule has 1 unspecified atom stereocenters. The van der Waals surface area contributed by atoms with Crippen LogP contribution in [0.15, 0.2) is 53.0 Å². The van der Waals surface area contributed by atoms with E-state index in [1.54, 1.807) is 0 Å². The van der Waals surface area contributed by atoms with E-state index in [9.17, 15) is 0 Å². The van der Waals surface area contributed by atoms with Gasteiger partial charge in [0.2, 0.25) is 0 Å². The molecule has 0 aliphatic heterocycles. The van der Waals surface area contributed by atoms with Crippen molar-refractivity contribution in [2.45, 2.75) is 19.4 Å². The van der Waals surface area contributed by atoms with Gasteiger partial charge in [0.15, 0.2) is 0 Å². The third-order valence-electron chi connectivity index (χ3n) is 3.60. The van der Waals surface area contributed by atoms with E-state index in [1.165, 1.54) is 16.8 Å². The molecule has 0 aromatic heterocycles. The van der Waals surface area contributed by atoms with Gasteiger partial charge in [-0.05, 0) is 42.7 Å². The molecule has 2 aromatic rings. The van der Waals surface area contributed by atoms with Crippen molar-refractivity contribution in [1.82, 2.24) is 0 Å². The largest absolute Gasteiger partial charge is 0.374 e. The molecule has 0 aliphatic carbocycles. The standard InChI is InChI=1S/C17H21BrN2/c1-13-5-3-4-6-17(13)20(2)12-11-16(19)14-7-9-15(18)10-8-14/h3-10,16H,11-12,19H2,1-2H3. The fraction of sp³-hybridized carbons (Fsp3) is 0.294. The third kappa shape index (κ3) is 3.84. The molecule has 2 nitrogen and oxygen atoms in total. The minimum absolute atomic E-state index is 0.0783. The van der Waals surface area contributed by atoms with Gasteiger partial charge >= 0.3 is 0 Å². The van der Waals surface area contributed by atoms with E-state index in [0.29, 0.717) is 0 Å². The maximum Gasteiger partial charge on any atom is 0.0393 e. The molecule has 1 atom stereocenters. The molecule has 0 saturated carbocycles. The SMILES string of the molecule is Cc1ccccc1N(C)CCC(N)c1ccc(Br)cc1. The molecule has 2 N–H and O–H groups in total. The highest BCUT2D eigenvalue weighted by Crippen LogP contribution is 2.21. The summed E-state index contributed by atoms with van der Waals surface area (Å²) in [5, 5.41) is 0. The molecule has 20 heavy (non-hydrogen) atoms. The minimum Gasteiger partial charge on any atom is -0.374 e. The summed E-state index contributed by atoms with van der Waals surface area (Å²) in [6.07, 6.45) is 0.937. The monoisotopic (exact) mass is 332 g/mol. The van der Waals surface area contributed by atoms with Crippen LogP contribution in [0.2, 0.25) is 0 Å². The van der Waals surface area contributed by atoms with Crippen LogP contribution in [0.5, 0.6) is 0 Å². The summed E-state index contributed by atoms with van der Waals surface area (Å²) in [5.41, 5.74) is 10.0. The summed E-state index contributed by atoms with van der Waals surface area (Å²) in [6.45, 7) is 3.09. The van der Waals surface area contributed by atoms with Crippen molar-refractivity contribution < 1.29 is 0 Å². The number of hydrogen-bond donors (Lipinski definition) is 1. The number of aryl methyl sites for hydroxylation is 1. The molecule has 0 amide bonds. The Hall–Kier alpha value is -1.32. The van der Waals surface area contributed by atoms with E-state index in [0.717, 1.165) is 17.4 Å². The lowest BCUT2D eigenvalue weighted by atomic mass is 10.0. The number of halogens is 1. The number of nitrogens with two attached hydrogens (primary N) is 1. The molecule has 2 aromatic carbocycles. The topological polar surface area (TPSA) is 29.3 Å². The van der Waals surface area contributed by atoms with Crippen LogP contribution in [-0.4, -0.2) is 13.6 Å². The second-order valence-corrected chi connectivity index (χ2v) is 6.07. The molecule has 0 saturated heterocycles. The molecule has 106 valence electrons. The Balaban J connectivity index is 1.95. The first-order valence-electron chi connectivity index (χ1n) is 6.86. The first-order valence-corrected chi connectivity index (χ1v) is 7.65. The van der Waals surface area contributed by atoms with Crippen molar-refractivity contribution in [2.24, 2.45) is 5.73 Å². The Kier molecular flexibility index (Phi) is 5.21. The molecule has 0 heterocycles. The minimum atomic E-state index is 0.0783. The van der Waals surface area contributed by atoms with Crippen molar-refractivity contribution in [3.05, 3.63) is 64.1 Å². The lowest BCUT2D eigenvalue weighted by Gasteiger charge is -2.23. The molecule has 0 radical (unpaired) electrons. The highest BCUT2D eigenvalue weighted by molar-refractivity contribution is 9.10. The van der Waals surface area contributed by atoms with E-state index in [4.69, 9.17) is 5.73 Å². The van der Waals surface area contributed by atoms with Crippen molar-refractivity contribution in [2.75, 3.05) is 18.5 Å². The van der Waals surface area contributed by atoms with Gasteiger partial charge in [0, 0.05) is 29.8 Å². The zero-order chi connectivity index (χ0) is 14.5. The molecular weight excluding hydrogens is 312 g/mol. The lowest BCUT2D eigenvalue weighted by molar-refractivity contribution is 0.645. The Labute approximate surface area is 129 Å². The fourth-order valence-electron chi connectivity index (χ4n) is 2.32. The Morgan fingerprint density at radius 1 is 1.10 bits per heavy atom. The van der Waals surface area contributed by atoms with Crippen LogP contribution in [0.4, 0.5) is 5.69 Å². The average molecular weight is 333 g/mol. The van der Waals surface area contributed by atoms with Crippen LogP contribution in [0, 0.1) is 6.92 Å². The second-order valence-electron chi connectivity index (χ2n) is 5.15.